The van der Waals surface area contributed by atoms with Gasteiger partial charge < -0.3 is 10.4 Å². The van der Waals surface area contributed by atoms with Gasteiger partial charge in [-0.3, -0.25) is 9.48 Å². The lowest BCUT2D eigenvalue weighted by atomic mass is 10.1. The molecule has 1 aromatic heterocycles. The third kappa shape index (κ3) is 4.06. The number of aromatic nitrogens is 2. The molecule has 1 unspecified atom stereocenters. The summed E-state index contributed by atoms with van der Waals surface area (Å²) in [7, 11) is 0. The van der Waals surface area contributed by atoms with Crippen molar-refractivity contribution in [3.8, 4) is 0 Å². The van der Waals surface area contributed by atoms with Gasteiger partial charge in [0, 0.05) is 18.2 Å². The van der Waals surface area contributed by atoms with Gasteiger partial charge in [0.25, 0.3) is 5.91 Å². The lowest BCUT2D eigenvalue weighted by Crippen LogP contribution is -2.32. The highest BCUT2D eigenvalue weighted by atomic mass is 16.3. The van der Waals surface area contributed by atoms with E-state index in [1.54, 1.807) is 0 Å². The van der Waals surface area contributed by atoms with Crippen LogP contribution in [0.25, 0.3) is 0 Å². The topological polar surface area (TPSA) is 67.2 Å². The number of aliphatic hydroxyl groups excluding tert-OH is 1. The number of hydrogen-bond donors (Lipinski definition) is 2. The summed E-state index contributed by atoms with van der Waals surface area (Å²) in [5.74, 6) is 0.346. The van der Waals surface area contributed by atoms with E-state index in [0.717, 1.165) is 12.1 Å². The molecule has 0 spiro atoms. The van der Waals surface area contributed by atoms with Gasteiger partial charge in [-0.25, -0.2) is 0 Å². The first kappa shape index (κ1) is 16.0. The summed E-state index contributed by atoms with van der Waals surface area (Å²) in [6.07, 6.45) is 3.48. The smallest absolute Gasteiger partial charge is 0.271 e. The molecule has 0 aromatic carbocycles. The predicted molar refractivity (Wildman–Crippen MR) is 82.4 cm³/mol. The fraction of sp³-hybridized carbons (Fsp3) is 0.750. The Morgan fingerprint density at radius 2 is 2.19 bits per heavy atom. The van der Waals surface area contributed by atoms with Gasteiger partial charge in [-0.05, 0) is 46.1 Å². The van der Waals surface area contributed by atoms with E-state index in [4.69, 9.17) is 0 Å². The van der Waals surface area contributed by atoms with Crippen LogP contribution in [0, 0.1) is 0 Å². The normalized spacial score (nSPS) is 16.8. The second kappa shape index (κ2) is 6.18. The van der Waals surface area contributed by atoms with Crippen molar-refractivity contribution in [1.29, 1.82) is 0 Å². The zero-order valence-corrected chi connectivity index (χ0v) is 13.5. The van der Waals surface area contributed by atoms with E-state index in [2.05, 4.69) is 31.2 Å². The summed E-state index contributed by atoms with van der Waals surface area (Å²) in [4.78, 5) is 12.2. The van der Waals surface area contributed by atoms with Crippen molar-refractivity contribution in [2.75, 3.05) is 6.54 Å². The maximum Gasteiger partial charge on any atom is 0.271 e. The van der Waals surface area contributed by atoms with E-state index >= 15 is 0 Å². The van der Waals surface area contributed by atoms with E-state index in [9.17, 15) is 9.90 Å². The Morgan fingerprint density at radius 3 is 2.71 bits per heavy atom. The summed E-state index contributed by atoms with van der Waals surface area (Å²) in [6.45, 7) is 8.58. The van der Waals surface area contributed by atoms with E-state index < -0.39 is 6.10 Å². The van der Waals surface area contributed by atoms with Crippen molar-refractivity contribution < 1.29 is 9.90 Å². The lowest BCUT2D eigenvalue weighted by Gasteiger charge is -2.22. The maximum absolute atomic E-state index is 12.2. The average molecular weight is 293 g/mol. The molecule has 0 bridgehead atoms. The van der Waals surface area contributed by atoms with Crippen LogP contribution in [0.4, 0.5) is 0 Å². The standard InChI is InChI=1S/C16H27N3O2/c1-5-6-12(20)10-17-15(21)13-9-14(11-7-8-11)19(18-13)16(2,3)4/h9,11-12,20H,5-8,10H2,1-4H3,(H,17,21). The minimum atomic E-state index is -0.480. The molecule has 118 valence electrons. The Bertz CT molecular complexity index is 498. The summed E-state index contributed by atoms with van der Waals surface area (Å²) >= 11 is 0. The number of nitrogens with zero attached hydrogens (tertiary/aromatic N) is 2. The van der Waals surface area contributed by atoms with Gasteiger partial charge in [0.1, 0.15) is 5.69 Å². The Kier molecular flexibility index (Phi) is 4.71. The zero-order valence-electron chi connectivity index (χ0n) is 13.5. The molecule has 21 heavy (non-hydrogen) atoms. The fourth-order valence-electron chi connectivity index (χ4n) is 2.45. The van der Waals surface area contributed by atoms with Gasteiger partial charge in [0.15, 0.2) is 0 Å². The van der Waals surface area contributed by atoms with Gasteiger partial charge >= 0.3 is 0 Å². The summed E-state index contributed by atoms with van der Waals surface area (Å²) in [5.41, 5.74) is 1.48. The Balaban J connectivity index is 2.07. The molecule has 1 atom stereocenters. The monoisotopic (exact) mass is 293 g/mol. The van der Waals surface area contributed by atoms with Crippen LogP contribution in [0.5, 0.6) is 0 Å². The van der Waals surface area contributed by atoms with Crippen LogP contribution in [0.15, 0.2) is 6.07 Å². The molecule has 5 nitrogen and oxygen atoms in total. The fourth-order valence-corrected chi connectivity index (χ4v) is 2.45. The van der Waals surface area contributed by atoms with Crippen LogP contribution in [-0.2, 0) is 5.54 Å². The van der Waals surface area contributed by atoms with E-state index in [1.165, 1.54) is 12.8 Å². The minimum absolute atomic E-state index is 0.127. The molecule has 1 aromatic rings. The maximum atomic E-state index is 12.2. The molecule has 1 fully saturated rings. The van der Waals surface area contributed by atoms with Gasteiger partial charge in [-0.1, -0.05) is 13.3 Å². The molecule has 0 radical (unpaired) electrons. The lowest BCUT2D eigenvalue weighted by molar-refractivity contribution is 0.0903. The molecule has 1 heterocycles. The zero-order chi connectivity index (χ0) is 15.6. The van der Waals surface area contributed by atoms with E-state index in [1.807, 2.05) is 17.7 Å². The number of amides is 1. The van der Waals surface area contributed by atoms with E-state index in [0.29, 0.717) is 18.0 Å². The molecular weight excluding hydrogens is 266 g/mol. The minimum Gasteiger partial charge on any atom is -0.391 e. The van der Waals surface area contributed by atoms with Gasteiger partial charge in [-0.2, -0.15) is 5.10 Å². The summed E-state index contributed by atoms with van der Waals surface area (Å²) in [6, 6.07) is 1.91. The Morgan fingerprint density at radius 1 is 1.52 bits per heavy atom. The highest BCUT2D eigenvalue weighted by Gasteiger charge is 2.32. The summed E-state index contributed by atoms with van der Waals surface area (Å²) in [5, 5.41) is 17.0. The highest BCUT2D eigenvalue weighted by Crippen LogP contribution is 2.41. The van der Waals surface area contributed by atoms with Crippen molar-refractivity contribution in [2.24, 2.45) is 0 Å². The number of nitrogens with one attached hydrogen (secondary N) is 1. The largest absolute Gasteiger partial charge is 0.391 e. The number of hydrogen-bond acceptors (Lipinski definition) is 3. The number of carbonyl (C=O) groups is 1. The third-order valence-electron chi connectivity index (χ3n) is 3.72. The van der Waals surface area contributed by atoms with Crippen molar-refractivity contribution in [3.63, 3.8) is 0 Å². The van der Waals surface area contributed by atoms with Crippen LogP contribution in [0.2, 0.25) is 0 Å². The van der Waals surface area contributed by atoms with Crippen molar-refractivity contribution in [1.82, 2.24) is 15.1 Å². The van der Waals surface area contributed by atoms with Crippen LogP contribution in [-0.4, -0.2) is 33.4 Å². The van der Waals surface area contributed by atoms with Gasteiger partial charge in [0.05, 0.1) is 11.6 Å². The number of rotatable bonds is 6. The Labute approximate surface area is 126 Å². The highest BCUT2D eigenvalue weighted by molar-refractivity contribution is 5.92. The quantitative estimate of drug-likeness (QED) is 0.846. The predicted octanol–water partition coefficient (Wildman–Crippen LogP) is 2.41. The molecular formula is C16H27N3O2. The van der Waals surface area contributed by atoms with E-state index in [-0.39, 0.29) is 18.0 Å². The van der Waals surface area contributed by atoms with Crippen LogP contribution >= 0.6 is 0 Å². The molecule has 0 saturated heterocycles. The van der Waals surface area contributed by atoms with Crippen molar-refractivity contribution in [2.45, 2.75) is 70.9 Å². The van der Waals surface area contributed by atoms with Crippen molar-refractivity contribution in [3.05, 3.63) is 17.5 Å². The number of carbonyl (C=O) groups excluding carboxylic acids is 1. The van der Waals surface area contributed by atoms with Crippen LogP contribution < -0.4 is 5.32 Å². The Hall–Kier alpha value is -1.36. The van der Waals surface area contributed by atoms with Gasteiger partial charge in [0.2, 0.25) is 0 Å². The molecule has 0 aliphatic heterocycles. The molecule has 2 N–H and O–H groups in total. The SMILES string of the molecule is CCCC(O)CNC(=O)c1cc(C2CC2)n(C(C)(C)C)n1. The second-order valence-corrected chi connectivity index (χ2v) is 6.96. The molecule has 1 aliphatic carbocycles. The molecule has 2 rings (SSSR count). The number of aliphatic hydroxyl groups is 1. The molecule has 1 amide bonds. The average Bonchev–Trinajstić information content (AvgIpc) is 3.13. The molecule has 5 heteroatoms. The second-order valence-electron chi connectivity index (χ2n) is 6.96. The molecule has 1 aliphatic rings. The first-order chi connectivity index (χ1) is 9.82. The first-order valence-corrected chi connectivity index (χ1v) is 7.89. The van der Waals surface area contributed by atoms with Crippen molar-refractivity contribution >= 4 is 5.91 Å². The van der Waals surface area contributed by atoms with Gasteiger partial charge in [-0.15, -0.1) is 0 Å². The van der Waals surface area contributed by atoms with Crippen LogP contribution in [0.1, 0.15) is 75.5 Å². The van der Waals surface area contributed by atoms with Crippen LogP contribution in [0.3, 0.4) is 0 Å². The third-order valence-corrected chi connectivity index (χ3v) is 3.72. The first-order valence-electron chi connectivity index (χ1n) is 7.89. The summed E-state index contributed by atoms with van der Waals surface area (Å²) < 4.78 is 1.97. The molecule has 1 saturated carbocycles.